The van der Waals surface area contributed by atoms with Crippen LogP contribution in [0, 0.1) is 11.6 Å². The van der Waals surface area contributed by atoms with E-state index in [9.17, 15) is 13.6 Å². The van der Waals surface area contributed by atoms with Crippen LogP contribution in [0.2, 0.25) is 0 Å². The fourth-order valence-electron chi connectivity index (χ4n) is 1.20. The molecule has 1 heterocycles. The van der Waals surface area contributed by atoms with Gasteiger partial charge in [0.05, 0.1) is 5.52 Å². The van der Waals surface area contributed by atoms with Gasteiger partial charge in [0.1, 0.15) is 0 Å². The Hall–Kier alpha value is -1.91. The minimum absolute atomic E-state index is 0.237. The van der Waals surface area contributed by atoms with Crippen molar-refractivity contribution in [2.24, 2.45) is 0 Å². The highest BCUT2D eigenvalue weighted by Crippen LogP contribution is 2.18. The Kier molecular flexibility index (Phi) is 1.73. The minimum atomic E-state index is -1.13. The molecule has 0 amide bonds. The fraction of sp³-hybridized carbons (Fsp3) is 0. The lowest BCUT2D eigenvalue weighted by Gasteiger charge is -2.00. The average molecular weight is 197 g/mol. The number of nitrogens with one attached hydrogen (secondary N) is 1. The number of aromatic amines is 1. The van der Waals surface area contributed by atoms with Gasteiger partial charge < -0.3 is 10.1 Å². The molecule has 2 rings (SSSR count). The molecule has 0 saturated heterocycles. The molecule has 1 aromatic heterocycles. The van der Waals surface area contributed by atoms with E-state index in [4.69, 9.17) is 5.11 Å². The highest BCUT2D eigenvalue weighted by Gasteiger charge is 2.09. The third-order valence-corrected chi connectivity index (χ3v) is 1.89. The second-order valence-corrected chi connectivity index (χ2v) is 2.81. The van der Waals surface area contributed by atoms with Gasteiger partial charge in [-0.2, -0.15) is 0 Å². The van der Waals surface area contributed by atoms with Gasteiger partial charge in [-0.1, -0.05) is 0 Å². The number of fused-ring (bicyclic) bond motifs is 1. The van der Waals surface area contributed by atoms with Gasteiger partial charge in [-0.15, -0.1) is 0 Å². The SMILES string of the molecule is O=c1[nH]c2c(F)c(F)ccc2cc1O. The van der Waals surface area contributed by atoms with Crippen molar-refractivity contribution in [1.82, 2.24) is 4.98 Å². The number of benzene rings is 1. The maximum absolute atomic E-state index is 13.1. The lowest BCUT2D eigenvalue weighted by molar-refractivity contribution is 0.467. The summed E-state index contributed by atoms with van der Waals surface area (Å²) in [6.07, 6.45) is 0. The van der Waals surface area contributed by atoms with Crippen molar-refractivity contribution in [2.45, 2.75) is 0 Å². The van der Waals surface area contributed by atoms with Gasteiger partial charge in [0.15, 0.2) is 17.4 Å². The van der Waals surface area contributed by atoms with E-state index in [0.717, 1.165) is 12.1 Å². The summed E-state index contributed by atoms with van der Waals surface area (Å²) in [5.41, 5.74) is -1.09. The summed E-state index contributed by atoms with van der Waals surface area (Å²) in [6, 6.07) is 3.27. The molecular formula is C9H5F2NO2. The lowest BCUT2D eigenvalue weighted by Crippen LogP contribution is -2.06. The molecule has 0 atom stereocenters. The normalized spacial score (nSPS) is 10.7. The maximum Gasteiger partial charge on any atom is 0.290 e. The Balaban J connectivity index is 2.97. The van der Waals surface area contributed by atoms with Crippen LogP contribution in [0.15, 0.2) is 23.0 Å². The molecule has 0 fully saturated rings. The highest BCUT2D eigenvalue weighted by atomic mass is 19.2. The first-order chi connectivity index (χ1) is 6.59. The Morgan fingerprint density at radius 1 is 1.29 bits per heavy atom. The Labute approximate surface area is 76.6 Å². The number of H-pyrrole nitrogens is 1. The van der Waals surface area contributed by atoms with Crippen molar-refractivity contribution in [3.05, 3.63) is 40.2 Å². The summed E-state index contributed by atoms with van der Waals surface area (Å²) < 4.78 is 25.8. The van der Waals surface area contributed by atoms with Gasteiger partial charge in [0.25, 0.3) is 5.56 Å². The first-order valence-corrected chi connectivity index (χ1v) is 3.79. The zero-order valence-electron chi connectivity index (χ0n) is 6.84. The van der Waals surface area contributed by atoms with E-state index >= 15 is 0 Å². The fourth-order valence-corrected chi connectivity index (χ4v) is 1.20. The van der Waals surface area contributed by atoms with Gasteiger partial charge in [-0.3, -0.25) is 4.79 Å². The molecule has 2 N–H and O–H groups in total. The van der Waals surface area contributed by atoms with Crippen LogP contribution in [-0.4, -0.2) is 10.1 Å². The van der Waals surface area contributed by atoms with Crippen molar-refractivity contribution in [3.8, 4) is 5.75 Å². The predicted molar refractivity (Wildman–Crippen MR) is 46.1 cm³/mol. The second kappa shape index (κ2) is 2.80. The molecule has 1 aromatic carbocycles. The van der Waals surface area contributed by atoms with Crippen LogP contribution in [0.5, 0.6) is 5.75 Å². The summed E-state index contributed by atoms with van der Waals surface area (Å²) in [7, 11) is 0. The number of hydrogen-bond acceptors (Lipinski definition) is 2. The van der Waals surface area contributed by atoms with Crippen molar-refractivity contribution < 1.29 is 13.9 Å². The van der Waals surface area contributed by atoms with E-state index in [2.05, 4.69) is 0 Å². The zero-order chi connectivity index (χ0) is 10.3. The lowest BCUT2D eigenvalue weighted by atomic mass is 10.2. The molecule has 5 heteroatoms. The second-order valence-electron chi connectivity index (χ2n) is 2.81. The molecule has 0 spiro atoms. The number of pyridine rings is 1. The van der Waals surface area contributed by atoms with Crippen molar-refractivity contribution in [2.75, 3.05) is 0 Å². The molecular weight excluding hydrogens is 192 g/mol. The molecule has 0 aliphatic rings. The third-order valence-electron chi connectivity index (χ3n) is 1.89. The minimum Gasteiger partial charge on any atom is -0.503 e. The first-order valence-electron chi connectivity index (χ1n) is 3.79. The van der Waals surface area contributed by atoms with Gasteiger partial charge in [0.2, 0.25) is 0 Å². The Bertz CT molecular complexity index is 562. The van der Waals surface area contributed by atoms with Crippen molar-refractivity contribution in [3.63, 3.8) is 0 Å². The van der Waals surface area contributed by atoms with E-state index in [-0.39, 0.29) is 10.9 Å². The summed E-state index contributed by atoms with van der Waals surface area (Å²) in [6.45, 7) is 0. The van der Waals surface area contributed by atoms with Crippen LogP contribution >= 0.6 is 0 Å². The van der Waals surface area contributed by atoms with Crippen molar-refractivity contribution >= 4 is 10.9 Å². The third kappa shape index (κ3) is 1.14. The van der Waals surface area contributed by atoms with Gasteiger partial charge >= 0.3 is 0 Å². The summed E-state index contributed by atoms with van der Waals surface area (Å²) in [5.74, 6) is -2.69. The highest BCUT2D eigenvalue weighted by molar-refractivity contribution is 5.80. The molecule has 0 bridgehead atoms. The molecule has 14 heavy (non-hydrogen) atoms. The van der Waals surface area contributed by atoms with Crippen LogP contribution < -0.4 is 5.56 Å². The van der Waals surface area contributed by atoms with Crippen LogP contribution in [0.3, 0.4) is 0 Å². The molecule has 0 saturated carbocycles. The molecule has 0 unspecified atom stereocenters. The van der Waals surface area contributed by atoms with Crippen LogP contribution in [0.4, 0.5) is 8.78 Å². The van der Waals surface area contributed by atoms with Crippen LogP contribution in [0.1, 0.15) is 0 Å². The predicted octanol–water partition coefficient (Wildman–Crippen LogP) is 1.51. The van der Waals surface area contributed by atoms with E-state index < -0.39 is 22.9 Å². The summed E-state index contributed by atoms with van der Waals surface area (Å²) in [4.78, 5) is 12.9. The summed E-state index contributed by atoms with van der Waals surface area (Å²) in [5, 5.41) is 9.25. The number of aromatic hydroxyl groups is 1. The van der Waals surface area contributed by atoms with E-state index in [1.807, 2.05) is 4.98 Å². The standard InChI is InChI=1S/C9H5F2NO2/c10-5-2-1-4-3-6(13)9(14)12-8(4)7(5)11/h1-3,13H,(H,12,14). The average Bonchev–Trinajstić information content (AvgIpc) is 2.15. The molecule has 72 valence electrons. The van der Waals surface area contributed by atoms with E-state index in [0.29, 0.717) is 0 Å². The Morgan fingerprint density at radius 2 is 2.00 bits per heavy atom. The van der Waals surface area contributed by atoms with Crippen molar-refractivity contribution in [1.29, 1.82) is 0 Å². The number of aromatic nitrogens is 1. The first kappa shape index (κ1) is 8.68. The zero-order valence-corrected chi connectivity index (χ0v) is 6.84. The van der Waals surface area contributed by atoms with E-state index in [1.165, 1.54) is 6.07 Å². The topological polar surface area (TPSA) is 53.1 Å². The quantitative estimate of drug-likeness (QED) is 0.672. The number of halogens is 2. The van der Waals surface area contributed by atoms with Crippen LogP contribution in [0.25, 0.3) is 10.9 Å². The number of rotatable bonds is 0. The number of hydrogen-bond donors (Lipinski definition) is 2. The smallest absolute Gasteiger partial charge is 0.290 e. The summed E-state index contributed by atoms with van der Waals surface area (Å²) >= 11 is 0. The molecule has 0 aliphatic heterocycles. The van der Waals surface area contributed by atoms with Gasteiger partial charge in [-0.05, 0) is 18.2 Å². The molecule has 0 radical (unpaired) electrons. The van der Waals surface area contributed by atoms with Gasteiger partial charge in [0, 0.05) is 5.39 Å². The largest absolute Gasteiger partial charge is 0.503 e. The Morgan fingerprint density at radius 3 is 2.71 bits per heavy atom. The monoisotopic (exact) mass is 197 g/mol. The molecule has 2 aromatic rings. The van der Waals surface area contributed by atoms with E-state index in [1.54, 1.807) is 0 Å². The van der Waals surface area contributed by atoms with Gasteiger partial charge in [-0.25, -0.2) is 8.78 Å². The molecule has 3 nitrogen and oxygen atoms in total. The maximum atomic E-state index is 13.1. The molecule has 0 aliphatic carbocycles. The van der Waals surface area contributed by atoms with Crippen LogP contribution in [-0.2, 0) is 0 Å².